The zero-order valence-electron chi connectivity index (χ0n) is 32.8. The van der Waals surface area contributed by atoms with Gasteiger partial charge in [0.25, 0.3) is 0 Å². The molecule has 0 radical (unpaired) electrons. The molecule has 0 fully saturated rings. The lowest BCUT2D eigenvalue weighted by Gasteiger charge is -2.28. The molecule has 0 saturated carbocycles. The second kappa shape index (κ2) is 13.9. The molecule has 0 atom stereocenters. The molecule has 0 bridgehead atoms. The zero-order chi connectivity index (χ0) is 39.6. The van der Waals surface area contributed by atoms with Gasteiger partial charge in [0.05, 0.1) is 16.7 Å². The standard InChI is InChI=1S/C58H38N2/c1-2-21-44(22-3-1)60-54-31-13-12-29-53(54)58-56(60)38-42-18-6-9-26-50(42)57(58)43-20-14-23-46(36-43)59(55-37-41-17-5-8-25-49(41)51-27-10-11-28-52(51)55)45-34-32-40(33-35-45)48-30-15-19-39-16-4-7-24-47(39)48/h1-38H. The van der Waals surface area contributed by atoms with Crippen LogP contribution in [0.3, 0.4) is 0 Å². The van der Waals surface area contributed by atoms with Gasteiger partial charge in [-0.05, 0) is 115 Å². The van der Waals surface area contributed by atoms with Crippen molar-refractivity contribution in [2.24, 2.45) is 0 Å². The molecule has 2 nitrogen and oxygen atoms in total. The summed E-state index contributed by atoms with van der Waals surface area (Å²) in [4.78, 5) is 2.46. The van der Waals surface area contributed by atoms with E-state index in [2.05, 4.69) is 240 Å². The van der Waals surface area contributed by atoms with Crippen molar-refractivity contribution in [3.8, 4) is 27.9 Å². The van der Waals surface area contributed by atoms with Crippen molar-refractivity contribution in [1.29, 1.82) is 0 Å². The summed E-state index contributed by atoms with van der Waals surface area (Å²) >= 11 is 0. The van der Waals surface area contributed by atoms with Gasteiger partial charge >= 0.3 is 0 Å². The van der Waals surface area contributed by atoms with E-state index in [1.54, 1.807) is 0 Å². The van der Waals surface area contributed by atoms with Gasteiger partial charge in [-0.15, -0.1) is 0 Å². The van der Waals surface area contributed by atoms with Gasteiger partial charge in [-0.25, -0.2) is 0 Å². The van der Waals surface area contributed by atoms with Crippen LogP contribution in [0.5, 0.6) is 0 Å². The summed E-state index contributed by atoms with van der Waals surface area (Å²) in [5.41, 5.74) is 11.7. The number of para-hydroxylation sites is 2. The predicted molar refractivity (Wildman–Crippen MR) is 256 cm³/mol. The van der Waals surface area contributed by atoms with E-state index in [1.807, 2.05) is 0 Å². The Hall–Kier alpha value is -7.94. The second-order valence-electron chi connectivity index (χ2n) is 15.7. The van der Waals surface area contributed by atoms with Gasteiger partial charge in [0.15, 0.2) is 0 Å². The van der Waals surface area contributed by atoms with Gasteiger partial charge in [-0.1, -0.05) is 176 Å². The fourth-order valence-electron chi connectivity index (χ4n) is 9.66. The normalized spacial score (nSPS) is 11.7. The fourth-order valence-corrected chi connectivity index (χ4v) is 9.66. The molecule has 1 heterocycles. The van der Waals surface area contributed by atoms with E-state index in [1.165, 1.54) is 87.1 Å². The van der Waals surface area contributed by atoms with Crippen molar-refractivity contribution < 1.29 is 0 Å². The second-order valence-corrected chi connectivity index (χ2v) is 15.7. The number of hydrogen-bond donors (Lipinski definition) is 0. The van der Waals surface area contributed by atoms with Crippen molar-refractivity contribution in [3.05, 3.63) is 231 Å². The van der Waals surface area contributed by atoms with Crippen molar-refractivity contribution >= 4 is 82.0 Å². The first-order chi connectivity index (χ1) is 29.8. The maximum atomic E-state index is 2.46. The lowest BCUT2D eigenvalue weighted by Crippen LogP contribution is -2.11. The van der Waals surface area contributed by atoms with Gasteiger partial charge in [0.2, 0.25) is 0 Å². The van der Waals surface area contributed by atoms with Crippen LogP contribution in [-0.4, -0.2) is 4.57 Å². The van der Waals surface area contributed by atoms with Gasteiger partial charge < -0.3 is 9.47 Å². The third-order valence-electron chi connectivity index (χ3n) is 12.3. The summed E-state index contributed by atoms with van der Waals surface area (Å²) in [6, 6.07) is 84.4. The Morgan fingerprint density at radius 3 is 1.72 bits per heavy atom. The smallest absolute Gasteiger partial charge is 0.0553 e. The third kappa shape index (κ3) is 5.42. The van der Waals surface area contributed by atoms with Crippen LogP contribution in [-0.2, 0) is 0 Å². The molecule has 2 heteroatoms. The zero-order valence-corrected chi connectivity index (χ0v) is 32.8. The van der Waals surface area contributed by atoms with Crippen LogP contribution in [0.15, 0.2) is 231 Å². The molecule has 0 spiro atoms. The van der Waals surface area contributed by atoms with Crippen LogP contribution in [0.4, 0.5) is 17.1 Å². The highest BCUT2D eigenvalue weighted by Gasteiger charge is 2.22. The van der Waals surface area contributed by atoms with E-state index in [9.17, 15) is 0 Å². The Morgan fingerprint density at radius 1 is 0.317 bits per heavy atom. The van der Waals surface area contributed by atoms with Crippen molar-refractivity contribution in [3.63, 3.8) is 0 Å². The first-order valence-corrected chi connectivity index (χ1v) is 20.7. The third-order valence-corrected chi connectivity index (χ3v) is 12.3. The molecule has 12 rings (SSSR count). The number of rotatable bonds is 6. The van der Waals surface area contributed by atoms with Crippen LogP contribution in [0.1, 0.15) is 0 Å². The average molecular weight is 763 g/mol. The van der Waals surface area contributed by atoms with Gasteiger partial charge in [0, 0.05) is 33.2 Å². The average Bonchev–Trinajstić information content (AvgIpc) is 3.65. The van der Waals surface area contributed by atoms with Crippen LogP contribution in [0.25, 0.3) is 92.8 Å². The first-order valence-electron chi connectivity index (χ1n) is 20.7. The highest BCUT2D eigenvalue weighted by Crippen LogP contribution is 2.47. The number of fused-ring (bicyclic) bond motifs is 8. The molecule has 11 aromatic carbocycles. The molecule has 12 aromatic rings. The molecule has 280 valence electrons. The molecular weight excluding hydrogens is 725 g/mol. The molecule has 0 amide bonds. The Balaban J connectivity index is 1.12. The minimum Gasteiger partial charge on any atom is -0.310 e. The quantitative estimate of drug-likeness (QED) is 0.153. The molecule has 0 aliphatic carbocycles. The first kappa shape index (κ1) is 34.1. The molecule has 0 aliphatic heterocycles. The number of nitrogens with zero attached hydrogens (tertiary/aromatic N) is 2. The van der Waals surface area contributed by atoms with E-state index < -0.39 is 0 Å². The minimum atomic E-state index is 1.10. The van der Waals surface area contributed by atoms with Crippen LogP contribution in [0, 0.1) is 0 Å². The van der Waals surface area contributed by atoms with Crippen LogP contribution >= 0.6 is 0 Å². The highest BCUT2D eigenvalue weighted by molar-refractivity contribution is 6.23. The molecule has 1 aromatic heterocycles. The number of benzene rings is 11. The molecule has 60 heavy (non-hydrogen) atoms. The van der Waals surface area contributed by atoms with Crippen molar-refractivity contribution in [1.82, 2.24) is 4.57 Å². The van der Waals surface area contributed by atoms with Crippen LogP contribution in [0.2, 0.25) is 0 Å². The highest BCUT2D eigenvalue weighted by atomic mass is 15.1. The van der Waals surface area contributed by atoms with Gasteiger partial charge in [-0.2, -0.15) is 0 Å². The summed E-state index contributed by atoms with van der Waals surface area (Å²) in [5, 5.41) is 12.4. The van der Waals surface area contributed by atoms with E-state index in [0.717, 1.165) is 22.7 Å². The van der Waals surface area contributed by atoms with Crippen molar-refractivity contribution in [2.45, 2.75) is 0 Å². The Kier molecular flexibility index (Phi) is 7.89. The SMILES string of the molecule is c1ccc(-n2c3ccccc3c3c(-c4cccc(N(c5ccc(-c6cccc7ccccc67)cc5)c5cc6ccccc6c6ccccc56)c4)c4ccccc4cc32)cc1. The summed E-state index contributed by atoms with van der Waals surface area (Å²) in [5.74, 6) is 0. The summed E-state index contributed by atoms with van der Waals surface area (Å²) in [7, 11) is 0. The van der Waals surface area contributed by atoms with Gasteiger partial charge in [0.1, 0.15) is 0 Å². The Labute approximate surface area is 348 Å². The summed E-state index contributed by atoms with van der Waals surface area (Å²) < 4.78 is 2.43. The minimum absolute atomic E-state index is 1.10. The lowest BCUT2D eigenvalue weighted by molar-refractivity contribution is 1.18. The number of hydrogen-bond acceptors (Lipinski definition) is 1. The summed E-state index contributed by atoms with van der Waals surface area (Å²) in [6.07, 6.45) is 0. The molecule has 0 saturated heterocycles. The van der Waals surface area contributed by atoms with E-state index in [0.29, 0.717) is 0 Å². The fraction of sp³-hybridized carbons (Fsp3) is 0. The Bertz CT molecular complexity index is 3590. The van der Waals surface area contributed by atoms with Crippen molar-refractivity contribution in [2.75, 3.05) is 4.90 Å². The molecule has 0 N–H and O–H groups in total. The molecule has 0 aliphatic rings. The Morgan fingerprint density at radius 2 is 0.917 bits per heavy atom. The van der Waals surface area contributed by atoms with Gasteiger partial charge in [-0.3, -0.25) is 0 Å². The maximum Gasteiger partial charge on any atom is 0.0553 e. The van der Waals surface area contributed by atoms with E-state index in [-0.39, 0.29) is 0 Å². The number of aromatic nitrogens is 1. The van der Waals surface area contributed by atoms with Crippen LogP contribution < -0.4 is 4.90 Å². The van der Waals surface area contributed by atoms with E-state index >= 15 is 0 Å². The number of anilines is 3. The molecular formula is C58H38N2. The van der Waals surface area contributed by atoms with E-state index in [4.69, 9.17) is 0 Å². The topological polar surface area (TPSA) is 8.17 Å². The monoisotopic (exact) mass is 762 g/mol. The maximum absolute atomic E-state index is 2.46. The largest absolute Gasteiger partial charge is 0.310 e. The predicted octanol–water partition coefficient (Wildman–Crippen LogP) is 16.2. The molecule has 0 unspecified atom stereocenters. The lowest BCUT2D eigenvalue weighted by atomic mass is 9.92. The summed E-state index contributed by atoms with van der Waals surface area (Å²) in [6.45, 7) is 0.